The molecule has 0 fully saturated rings. The Morgan fingerprint density at radius 2 is 1.45 bits per heavy atom. The number of primary sulfonamides is 1. The molecule has 0 saturated heterocycles. The molecule has 3 amide bonds. The third-order valence-corrected chi connectivity index (χ3v) is 6.02. The van der Waals surface area contributed by atoms with Gasteiger partial charge in [-0.2, -0.15) is 0 Å². The number of nitrogens with one attached hydrogen (secondary N) is 1. The first-order valence-corrected chi connectivity index (χ1v) is 11.6. The summed E-state index contributed by atoms with van der Waals surface area (Å²) in [6.45, 7) is 4.66. The molecule has 0 bridgehead atoms. The van der Waals surface area contributed by atoms with Crippen molar-refractivity contribution in [1.29, 1.82) is 0 Å². The average molecular weight is 474 g/mol. The van der Waals surface area contributed by atoms with Crippen LogP contribution in [0.4, 0.5) is 5.69 Å². The van der Waals surface area contributed by atoms with E-state index in [1.165, 1.54) is 43.3 Å². The van der Waals surface area contributed by atoms with Crippen molar-refractivity contribution >= 4 is 39.4 Å². The van der Waals surface area contributed by atoms with Gasteiger partial charge in [-0.05, 0) is 49.2 Å². The van der Waals surface area contributed by atoms with Gasteiger partial charge in [-0.15, -0.1) is 0 Å². The number of fused-ring (bicyclic) bond motifs is 1. The number of ether oxygens (including phenoxy) is 1. The standard InChI is InChI=1S/C22H23N3O7S/c1-12(2)18(25-20(27)16-6-4-5-7-17(16)21(25)28)22(29)32-13(3)19(26)24-14-8-10-15(11-9-14)33(23,30)31/h4-13,18H,1-3H3,(H,24,26)(H2,23,30,31). The summed E-state index contributed by atoms with van der Waals surface area (Å²) in [6.07, 6.45) is -1.26. The molecule has 0 saturated carbocycles. The number of hydrogen-bond acceptors (Lipinski definition) is 7. The number of carbonyl (C=O) groups is 4. The van der Waals surface area contributed by atoms with E-state index in [1.54, 1.807) is 26.0 Å². The molecule has 2 aromatic rings. The first-order chi connectivity index (χ1) is 15.4. The highest BCUT2D eigenvalue weighted by Gasteiger charge is 2.45. The fraction of sp³-hybridized carbons (Fsp3) is 0.273. The summed E-state index contributed by atoms with van der Waals surface area (Å²) in [5, 5.41) is 7.53. The van der Waals surface area contributed by atoms with E-state index < -0.39 is 51.8 Å². The molecule has 2 atom stereocenters. The van der Waals surface area contributed by atoms with Gasteiger partial charge in [0.25, 0.3) is 17.7 Å². The molecule has 2 unspecified atom stereocenters. The van der Waals surface area contributed by atoms with Gasteiger partial charge in [-0.1, -0.05) is 26.0 Å². The van der Waals surface area contributed by atoms with Gasteiger partial charge >= 0.3 is 5.97 Å². The van der Waals surface area contributed by atoms with Gasteiger partial charge in [0.15, 0.2) is 6.10 Å². The summed E-state index contributed by atoms with van der Waals surface area (Å²) in [6, 6.07) is 10.2. The van der Waals surface area contributed by atoms with Crippen molar-refractivity contribution in [2.75, 3.05) is 5.32 Å². The van der Waals surface area contributed by atoms with Crippen LogP contribution in [-0.4, -0.2) is 49.2 Å². The topological polar surface area (TPSA) is 153 Å². The number of amides is 3. The van der Waals surface area contributed by atoms with E-state index in [2.05, 4.69) is 5.32 Å². The summed E-state index contributed by atoms with van der Waals surface area (Å²) in [5.41, 5.74) is 0.667. The van der Waals surface area contributed by atoms with E-state index in [9.17, 15) is 27.6 Å². The van der Waals surface area contributed by atoms with Gasteiger partial charge in [0.05, 0.1) is 16.0 Å². The Balaban J connectivity index is 1.71. The highest BCUT2D eigenvalue weighted by atomic mass is 32.2. The van der Waals surface area contributed by atoms with Gasteiger partial charge in [-0.25, -0.2) is 18.4 Å². The monoisotopic (exact) mass is 473 g/mol. The zero-order valence-electron chi connectivity index (χ0n) is 18.1. The molecule has 0 spiro atoms. The predicted molar refractivity (Wildman–Crippen MR) is 118 cm³/mol. The van der Waals surface area contributed by atoms with Crippen LogP contribution in [0.25, 0.3) is 0 Å². The van der Waals surface area contributed by atoms with Crippen molar-refractivity contribution in [3.63, 3.8) is 0 Å². The summed E-state index contributed by atoms with van der Waals surface area (Å²) < 4.78 is 27.9. The van der Waals surface area contributed by atoms with Crippen LogP contribution in [0.5, 0.6) is 0 Å². The van der Waals surface area contributed by atoms with Crippen molar-refractivity contribution in [2.24, 2.45) is 11.1 Å². The van der Waals surface area contributed by atoms with Gasteiger partial charge in [-0.3, -0.25) is 19.3 Å². The summed E-state index contributed by atoms with van der Waals surface area (Å²) in [4.78, 5) is 51.7. The Hall–Kier alpha value is -3.57. The number of nitrogens with two attached hydrogens (primary N) is 1. The zero-order valence-corrected chi connectivity index (χ0v) is 19.0. The van der Waals surface area contributed by atoms with E-state index in [-0.39, 0.29) is 21.7 Å². The number of imide groups is 1. The number of esters is 1. The number of hydrogen-bond donors (Lipinski definition) is 2. The van der Waals surface area contributed by atoms with Crippen LogP contribution >= 0.6 is 0 Å². The van der Waals surface area contributed by atoms with Gasteiger partial charge in [0, 0.05) is 5.69 Å². The van der Waals surface area contributed by atoms with Crippen molar-refractivity contribution < 1.29 is 32.3 Å². The van der Waals surface area contributed by atoms with E-state index in [0.717, 1.165) is 4.90 Å². The SMILES string of the molecule is CC(OC(=O)C(C(C)C)N1C(=O)c2ccccc2C1=O)C(=O)Nc1ccc(S(N)(=O)=O)cc1. The molecule has 0 aromatic heterocycles. The molecule has 2 aromatic carbocycles. The van der Waals surface area contributed by atoms with Crippen LogP contribution in [0, 0.1) is 5.92 Å². The molecule has 1 aliphatic rings. The molecule has 10 nitrogen and oxygen atoms in total. The molecular weight excluding hydrogens is 450 g/mol. The Labute approximate surface area is 190 Å². The molecule has 0 radical (unpaired) electrons. The van der Waals surface area contributed by atoms with Crippen molar-refractivity contribution in [3.8, 4) is 0 Å². The second-order valence-electron chi connectivity index (χ2n) is 7.85. The van der Waals surface area contributed by atoms with E-state index >= 15 is 0 Å². The summed E-state index contributed by atoms with van der Waals surface area (Å²) >= 11 is 0. The van der Waals surface area contributed by atoms with Gasteiger partial charge in [0.1, 0.15) is 6.04 Å². The molecule has 1 aliphatic heterocycles. The Morgan fingerprint density at radius 1 is 0.939 bits per heavy atom. The lowest BCUT2D eigenvalue weighted by Gasteiger charge is -2.28. The van der Waals surface area contributed by atoms with Crippen LogP contribution in [-0.2, 0) is 24.3 Å². The minimum absolute atomic E-state index is 0.124. The van der Waals surface area contributed by atoms with Gasteiger partial charge < -0.3 is 10.1 Å². The summed E-state index contributed by atoms with van der Waals surface area (Å²) in [7, 11) is -3.88. The van der Waals surface area contributed by atoms with Crippen molar-refractivity contribution in [2.45, 2.75) is 37.8 Å². The number of rotatable bonds is 7. The van der Waals surface area contributed by atoms with Crippen LogP contribution in [0.15, 0.2) is 53.4 Å². The Bertz CT molecular complexity index is 1190. The highest BCUT2D eigenvalue weighted by molar-refractivity contribution is 7.89. The number of sulfonamides is 1. The van der Waals surface area contributed by atoms with Crippen LogP contribution in [0.2, 0.25) is 0 Å². The third kappa shape index (κ3) is 4.94. The normalized spacial score (nSPS) is 15.2. The largest absolute Gasteiger partial charge is 0.451 e. The minimum atomic E-state index is -3.88. The molecular formula is C22H23N3O7S. The average Bonchev–Trinajstić information content (AvgIpc) is 2.99. The van der Waals surface area contributed by atoms with E-state index in [1.807, 2.05) is 0 Å². The lowest BCUT2D eigenvalue weighted by atomic mass is 10.0. The first-order valence-electron chi connectivity index (χ1n) is 10.0. The minimum Gasteiger partial charge on any atom is -0.451 e. The molecule has 3 N–H and O–H groups in total. The molecule has 11 heteroatoms. The maximum absolute atomic E-state index is 12.9. The number of benzene rings is 2. The Morgan fingerprint density at radius 3 is 1.91 bits per heavy atom. The zero-order chi connectivity index (χ0) is 24.5. The fourth-order valence-electron chi connectivity index (χ4n) is 3.41. The number of carbonyl (C=O) groups excluding carboxylic acids is 4. The molecule has 174 valence electrons. The van der Waals surface area contributed by atoms with Crippen LogP contribution in [0.3, 0.4) is 0 Å². The maximum Gasteiger partial charge on any atom is 0.330 e. The van der Waals surface area contributed by atoms with E-state index in [4.69, 9.17) is 9.88 Å². The van der Waals surface area contributed by atoms with Gasteiger partial charge in [0.2, 0.25) is 10.0 Å². The maximum atomic E-state index is 12.9. The lowest BCUT2D eigenvalue weighted by Crippen LogP contribution is -2.50. The Kier molecular flexibility index (Phi) is 6.65. The van der Waals surface area contributed by atoms with Crippen molar-refractivity contribution in [3.05, 3.63) is 59.7 Å². The second kappa shape index (κ2) is 9.12. The van der Waals surface area contributed by atoms with Crippen molar-refractivity contribution in [1.82, 2.24) is 4.90 Å². The number of nitrogens with zero attached hydrogens (tertiary/aromatic N) is 1. The first kappa shape index (κ1) is 24.1. The van der Waals surface area contributed by atoms with E-state index in [0.29, 0.717) is 0 Å². The fourth-order valence-corrected chi connectivity index (χ4v) is 3.92. The number of anilines is 1. The second-order valence-corrected chi connectivity index (χ2v) is 9.41. The molecule has 1 heterocycles. The van der Waals surface area contributed by atoms with Crippen LogP contribution in [0.1, 0.15) is 41.5 Å². The smallest absolute Gasteiger partial charge is 0.330 e. The molecule has 3 rings (SSSR count). The molecule has 33 heavy (non-hydrogen) atoms. The quantitative estimate of drug-likeness (QED) is 0.457. The predicted octanol–water partition coefficient (Wildman–Crippen LogP) is 1.52. The third-order valence-electron chi connectivity index (χ3n) is 5.09. The highest BCUT2D eigenvalue weighted by Crippen LogP contribution is 2.28. The lowest BCUT2D eigenvalue weighted by molar-refractivity contribution is -0.158. The molecule has 0 aliphatic carbocycles. The summed E-state index contributed by atoms with van der Waals surface area (Å²) in [5.74, 6) is -3.25. The van der Waals surface area contributed by atoms with Crippen LogP contribution < -0.4 is 10.5 Å².